The summed E-state index contributed by atoms with van der Waals surface area (Å²) in [5, 5.41) is 0. The Balaban J connectivity index is 1.65. The average Bonchev–Trinajstić information content (AvgIpc) is 2.77. The third-order valence-corrected chi connectivity index (χ3v) is 4.81. The molecule has 0 saturated heterocycles. The third kappa shape index (κ3) is 5.86. The van der Waals surface area contributed by atoms with Gasteiger partial charge >= 0.3 is 0 Å². The number of aryl methyl sites for hydroxylation is 1. The minimum Gasteiger partial charge on any atom is -0.484 e. The van der Waals surface area contributed by atoms with Gasteiger partial charge in [-0.15, -0.1) is 0 Å². The van der Waals surface area contributed by atoms with Crippen LogP contribution in [0.3, 0.4) is 0 Å². The number of hydrogen-bond acceptors (Lipinski definition) is 5. The molecule has 0 N–H and O–H groups in total. The summed E-state index contributed by atoms with van der Waals surface area (Å²) in [5.41, 5.74) is 4.04. The van der Waals surface area contributed by atoms with Crippen LogP contribution in [0.15, 0.2) is 61.4 Å². The van der Waals surface area contributed by atoms with Gasteiger partial charge in [-0.25, -0.2) is 9.97 Å². The van der Waals surface area contributed by atoms with Gasteiger partial charge in [0.15, 0.2) is 6.61 Å². The fourth-order valence-corrected chi connectivity index (χ4v) is 3.20. The van der Waals surface area contributed by atoms with Crippen molar-refractivity contribution in [1.82, 2.24) is 19.9 Å². The quantitative estimate of drug-likeness (QED) is 0.532. The third-order valence-electron chi connectivity index (χ3n) is 4.81. The van der Waals surface area contributed by atoms with Crippen LogP contribution >= 0.6 is 0 Å². The second-order valence-corrected chi connectivity index (χ2v) is 7.51. The number of benzene rings is 1. The topological polar surface area (TPSA) is 68.2 Å². The summed E-state index contributed by atoms with van der Waals surface area (Å²) in [7, 11) is 0. The van der Waals surface area contributed by atoms with Crippen LogP contribution < -0.4 is 4.74 Å². The molecule has 2 aromatic heterocycles. The second-order valence-electron chi connectivity index (χ2n) is 7.51. The van der Waals surface area contributed by atoms with E-state index in [-0.39, 0.29) is 18.6 Å². The SMILES string of the molecule is CCCc1ccc(OCC(=O)N(Cc2cncc(-c3cncnc3)c2)C(C)C)cc1. The fourth-order valence-electron chi connectivity index (χ4n) is 3.20. The summed E-state index contributed by atoms with van der Waals surface area (Å²) in [5.74, 6) is 0.649. The summed E-state index contributed by atoms with van der Waals surface area (Å²) in [6.45, 7) is 6.62. The molecule has 6 heteroatoms. The second kappa shape index (κ2) is 10.5. The first-order valence-electron chi connectivity index (χ1n) is 10.3. The molecule has 0 fully saturated rings. The zero-order chi connectivity index (χ0) is 21.3. The predicted molar refractivity (Wildman–Crippen MR) is 117 cm³/mol. The van der Waals surface area contributed by atoms with E-state index in [0.29, 0.717) is 12.3 Å². The molecule has 6 nitrogen and oxygen atoms in total. The summed E-state index contributed by atoms with van der Waals surface area (Å²) in [4.78, 5) is 27.1. The van der Waals surface area contributed by atoms with E-state index in [1.807, 2.05) is 44.2 Å². The Kier molecular flexibility index (Phi) is 7.49. The van der Waals surface area contributed by atoms with Crippen LogP contribution in [0.25, 0.3) is 11.1 Å². The van der Waals surface area contributed by atoms with Crippen molar-refractivity contribution in [3.63, 3.8) is 0 Å². The normalized spacial score (nSPS) is 10.8. The molecule has 0 aliphatic rings. The van der Waals surface area contributed by atoms with Crippen molar-refractivity contribution in [2.24, 2.45) is 0 Å². The van der Waals surface area contributed by atoms with E-state index < -0.39 is 0 Å². The van der Waals surface area contributed by atoms with Gasteiger partial charge in [-0.1, -0.05) is 25.5 Å². The average molecular weight is 405 g/mol. The van der Waals surface area contributed by atoms with Gasteiger partial charge in [0, 0.05) is 48.5 Å². The lowest BCUT2D eigenvalue weighted by molar-refractivity contribution is -0.135. The molecule has 0 unspecified atom stereocenters. The van der Waals surface area contributed by atoms with E-state index >= 15 is 0 Å². The molecule has 3 aromatic rings. The molecule has 0 saturated carbocycles. The van der Waals surface area contributed by atoms with Crippen molar-refractivity contribution >= 4 is 5.91 Å². The maximum absolute atomic E-state index is 12.8. The lowest BCUT2D eigenvalue weighted by Gasteiger charge is -2.27. The highest BCUT2D eigenvalue weighted by molar-refractivity contribution is 5.78. The predicted octanol–water partition coefficient (Wildman–Crippen LogP) is 4.31. The molecule has 0 atom stereocenters. The van der Waals surface area contributed by atoms with E-state index in [4.69, 9.17) is 4.74 Å². The number of aromatic nitrogens is 3. The van der Waals surface area contributed by atoms with Gasteiger partial charge in [-0.05, 0) is 49.6 Å². The van der Waals surface area contributed by atoms with Gasteiger partial charge in [0.1, 0.15) is 12.1 Å². The van der Waals surface area contributed by atoms with Crippen molar-refractivity contribution in [1.29, 1.82) is 0 Å². The summed E-state index contributed by atoms with van der Waals surface area (Å²) in [6.07, 6.45) is 10.7. The van der Waals surface area contributed by atoms with Gasteiger partial charge < -0.3 is 9.64 Å². The van der Waals surface area contributed by atoms with Crippen LogP contribution in [0.4, 0.5) is 0 Å². The highest BCUT2D eigenvalue weighted by atomic mass is 16.5. The van der Waals surface area contributed by atoms with E-state index in [1.165, 1.54) is 11.9 Å². The monoisotopic (exact) mass is 404 g/mol. The smallest absolute Gasteiger partial charge is 0.261 e. The van der Waals surface area contributed by atoms with Crippen molar-refractivity contribution in [2.75, 3.05) is 6.61 Å². The van der Waals surface area contributed by atoms with Crippen LogP contribution in [-0.2, 0) is 17.8 Å². The van der Waals surface area contributed by atoms with Gasteiger partial charge in [0.25, 0.3) is 5.91 Å². The maximum atomic E-state index is 12.8. The largest absolute Gasteiger partial charge is 0.484 e. The first kappa shape index (κ1) is 21.4. The lowest BCUT2D eigenvalue weighted by Crippen LogP contribution is -2.39. The van der Waals surface area contributed by atoms with Gasteiger partial charge in [-0.2, -0.15) is 0 Å². The lowest BCUT2D eigenvalue weighted by atomic mass is 10.1. The van der Waals surface area contributed by atoms with Crippen molar-refractivity contribution < 1.29 is 9.53 Å². The Hall–Kier alpha value is -3.28. The molecule has 0 spiro atoms. The zero-order valence-electron chi connectivity index (χ0n) is 17.8. The maximum Gasteiger partial charge on any atom is 0.261 e. The number of carbonyl (C=O) groups excluding carboxylic acids is 1. The van der Waals surface area contributed by atoms with Crippen molar-refractivity contribution in [3.8, 4) is 16.9 Å². The molecule has 3 rings (SSSR count). The number of carbonyl (C=O) groups is 1. The van der Waals surface area contributed by atoms with Gasteiger partial charge in [-0.3, -0.25) is 9.78 Å². The molecule has 156 valence electrons. The van der Waals surface area contributed by atoms with E-state index in [1.54, 1.807) is 29.7 Å². The van der Waals surface area contributed by atoms with Crippen LogP contribution in [-0.4, -0.2) is 38.4 Å². The number of rotatable bonds is 9. The molecule has 1 amide bonds. The van der Waals surface area contributed by atoms with Crippen LogP contribution in [0.5, 0.6) is 5.75 Å². The Labute approximate surface area is 178 Å². The Bertz CT molecular complexity index is 943. The van der Waals surface area contributed by atoms with E-state index in [9.17, 15) is 4.79 Å². The standard InChI is InChI=1S/C24H28N4O2/c1-4-5-19-6-8-23(9-7-19)30-16-24(29)28(18(2)3)15-20-10-21(12-25-11-20)22-13-26-17-27-14-22/h6-14,17-18H,4-5,15-16H2,1-3H3. The number of pyridine rings is 1. The summed E-state index contributed by atoms with van der Waals surface area (Å²) in [6, 6.07) is 10.0. The van der Waals surface area contributed by atoms with Crippen LogP contribution in [0, 0.1) is 0 Å². The molecule has 0 bridgehead atoms. The fraction of sp³-hybridized carbons (Fsp3) is 0.333. The van der Waals surface area contributed by atoms with E-state index in [2.05, 4.69) is 21.9 Å². The summed E-state index contributed by atoms with van der Waals surface area (Å²) >= 11 is 0. The minimum absolute atomic E-state index is 0.00491. The Morgan fingerprint density at radius 1 is 0.967 bits per heavy atom. The van der Waals surface area contributed by atoms with Crippen LogP contribution in [0.2, 0.25) is 0 Å². The van der Waals surface area contributed by atoms with Gasteiger partial charge in [0.2, 0.25) is 0 Å². The molecule has 0 radical (unpaired) electrons. The molecule has 1 aromatic carbocycles. The zero-order valence-corrected chi connectivity index (χ0v) is 17.8. The van der Waals surface area contributed by atoms with Crippen molar-refractivity contribution in [2.45, 2.75) is 46.2 Å². The number of nitrogens with zero attached hydrogens (tertiary/aromatic N) is 4. The van der Waals surface area contributed by atoms with E-state index in [0.717, 1.165) is 29.5 Å². The Morgan fingerprint density at radius 3 is 2.33 bits per heavy atom. The molecule has 0 aliphatic heterocycles. The highest BCUT2D eigenvalue weighted by Crippen LogP contribution is 2.19. The first-order valence-corrected chi connectivity index (χ1v) is 10.3. The number of ether oxygens (including phenoxy) is 1. The number of hydrogen-bond donors (Lipinski definition) is 0. The molecular formula is C24H28N4O2. The molecule has 0 aliphatic carbocycles. The highest BCUT2D eigenvalue weighted by Gasteiger charge is 2.18. The Morgan fingerprint density at radius 2 is 1.67 bits per heavy atom. The van der Waals surface area contributed by atoms with Crippen LogP contribution in [0.1, 0.15) is 38.3 Å². The van der Waals surface area contributed by atoms with Crippen molar-refractivity contribution in [3.05, 3.63) is 72.6 Å². The molecule has 30 heavy (non-hydrogen) atoms. The number of amides is 1. The summed E-state index contributed by atoms with van der Waals surface area (Å²) < 4.78 is 5.74. The first-order chi connectivity index (χ1) is 14.6. The molecular weight excluding hydrogens is 376 g/mol. The minimum atomic E-state index is -0.0592. The van der Waals surface area contributed by atoms with Gasteiger partial charge in [0.05, 0.1) is 0 Å². The molecule has 2 heterocycles.